The Morgan fingerprint density at radius 1 is 1.12 bits per heavy atom. The number of hydrazine groups is 2. The molecule has 164 valence electrons. The van der Waals surface area contributed by atoms with E-state index in [1.807, 2.05) is 55.7 Å². The van der Waals surface area contributed by atoms with E-state index in [2.05, 4.69) is 36.7 Å². The second kappa shape index (κ2) is 9.54. The van der Waals surface area contributed by atoms with E-state index >= 15 is 0 Å². The van der Waals surface area contributed by atoms with E-state index in [9.17, 15) is 9.59 Å². The first-order valence-electron chi connectivity index (χ1n) is 9.87. The van der Waals surface area contributed by atoms with Gasteiger partial charge in [-0.3, -0.25) is 15.0 Å². The van der Waals surface area contributed by atoms with Crippen molar-refractivity contribution in [3.05, 3.63) is 81.6 Å². The molecule has 0 fully saturated rings. The lowest BCUT2D eigenvalue weighted by Gasteiger charge is -2.15. The summed E-state index contributed by atoms with van der Waals surface area (Å²) in [6.45, 7) is 2.28. The number of carbonyl (C=O) groups is 2. The summed E-state index contributed by atoms with van der Waals surface area (Å²) in [5.74, 6) is -0.0346. The zero-order chi connectivity index (χ0) is 22.5. The van der Waals surface area contributed by atoms with Crippen molar-refractivity contribution >= 4 is 29.0 Å². The summed E-state index contributed by atoms with van der Waals surface area (Å²) in [6, 6.07) is 12.7. The zero-order valence-electron chi connectivity index (χ0n) is 17.5. The maximum atomic E-state index is 12.7. The first-order chi connectivity index (χ1) is 15.5. The van der Waals surface area contributed by atoms with Crippen molar-refractivity contribution in [1.29, 1.82) is 0 Å². The maximum Gasteiger partial charge on any atom is 0.270 e. The van der Waals surface area contributed by atoms with Gasteiger partial charge in [0.2, 0.25) is 0 Å². The van der Waals surface area contributed by atoms with Crippen molar-refractivity contribution in [2.24, 2.45) is 5.10 Å². The van der Waals surface area contributed by atoms with E-state index in [4.69, 9.17) is 0 Å². The van der Waals surface area contributed by atoms with Crippen LogP contribution >= 0.6 is 11.3 Å². The predicted molar refractivity (Wildman–Crippen MR) is 120 cm³/mol. The van der Waals surface area contributed by atoms with Crippen molar-refractivity contribution in [2.45, 2.75) is 19.5 Å². The van der Waals surface area contributed by atoms with Crippen LogP contribution in [0.4, 0.5) is 0 Å². The predicted octanol–water partition coefficient (Wildman–Crippen LogP) is 1.58. The van der Waals surface area contributed by atoms with Gasteiger partial charge in [0.05, 0.1) is 12.6 Å². The van der Waals surface area contributed by atoms with Gasteiger partial charge in [0.1, 0.15) is 17.7 Å². The van der Waals surface area contributed by atoms with Crippen LogP contribution in [0.25, 0.3) is 0 Å². The molecule has 1 aromatic carbocycles. The lowest BCUT2D eigenvalue weighted by molar-refractivity contribution is 0.0934. The molecular formula is C21H22N8O2S. The minimum atomic E-state index is -0.385. The number of thiophene rings is 1. The highest BCUT2D eigenvalue weighted by Crippen LogP contribution is 2.15. The van der Waals surface area contributed by atoms with Crippen molar-refractivity contribution in [1.82, 2.24) is 36.7 Å². The number of nitrogens with zero attached hydrogens (tertiary/aromatic N) is 4. The maximum absolute atomic E-state index is 12.7. The first-order valence-corrected chi connectivity index (χ1v) is 10.7. The van der Waals surface area contributed by atoms with Crippen LogP contribution in [-0.4, -0.2) is 39.8 Å². The average Bonchev–Trinajstić information content (AvgIpc) is 3.49. The van der Waals surface area contributed by atoms with Gasteiger partial charge in [0.15, 0.2) is 5.84 Å². The third-order valence-corrected chi connectivity index (χ3v) is 5.63. The zero-order valence-corrected chi connectivity index (χ0v) is 18.3. The quantitative estimate of drug-likeness (QED) is 0.431. The molecule has 3 aromatic rings. The highest BCUT2D eigenvalue weighted by molar-refractivity contribution is 7.09. The smallest absolute Gasteiger partial charge is 0.270 e. The van der Waals surface area contributed by atoms with E-state index in [0.29, 0.717) is 12.4 Å². The van der Waals surface area contributed by atoms with Crippen molar-refractivity contribution in [2.75, 3.05) is 7.05 Å². The Bertz CT molecular complexity index is 1130. The number of hydrazone groups is 1. The number of hydrogen-bond acceptors (Lipinski definition) is 9. The molecular weight excluding hydrogens is 428 g/mol. The number of hydrogen-bond donors (Lipinski definition) is 4. The van der Waals surface area contributed by atoms with E-state index in [1.54, 1.807) is 16.5 Å². The van der Waals surface area contributed by atoms with Gasteiger partial charge in [-0.15, -0.1) is 21.6 Å². The first kappa shape index (κ1) is 21.4. The van der Waals surface area contributed by atoms with E-state index in [-0.39, 0.29) is 29.2 Å². The van der Waals surface area contributed by atoms with Gasteiger partial charge in [0.25, 0.3) is 11.8 Å². The van der Waals surface area contributed by atoms with Crippen LogP contribution in [0.5, 0.6) is 0 Å². The van der Waals surface area contributed by atoms with Gasteiger partial charge in [-0.1, -0.05) is 30.3 Å². The molecule has 1 aliphatic rings. The largest absolute Gasteiger partial charge is 0.346 e. The SMILES string of the molecule is C[C@H](NC(=O)c1cc(C(=O)NCc2cccs2)ncn1)c1ccc(C2=NNN(C)N2)cc1. The Hall–Kier alpha value is -3.83. The Kier molecular flexibility index (Phi) is 6.38. The van der Waals surface area contributed by atoms with E-state index in [0.717, 1.165) is 16.0 Å². The fourth-order valence-electron chi connectivity index (χ4n) is 3.02. The van der Waals surface area contributed by atoms with Crippen LogP contribution in [0.1, 0.15) is 49.9 Å². The Morgan fingerprint density at radius 3 is 2.53 bits per heavy atom. The normalized spacial score (nSPS) is 14.1. The lowest BCUT2D eigenvalue weighted by atomic mass is 10.1. The molecule has 1 atom stereocenters. The van der Waals surface area contributed by atoms with Gasteiger partial charge < -0.3 is 10.6 Å². The number of rotatable bonds is 7. The molecule has 4 rings (SSSR count). The van der Waals surface area contributed by atoms with Gasteiger partial charge >= 0.3 is 0 Å². The van der Waals surface area contributed by atoms with Gasteiger partial charge in [0, 0.05) is 23.6 Å². The second-order valence-corrected chi connectivity index (χ2v) is 8.13. The summed E-state index contributed by atoms with van der Waals surface area (Å²) < 4.78 is 0. The molecule has 32 heavy (non-hydrogen) atoms. The van der Waals surface area contributed by atoms with Crippen LogP contribution in [-0.2, 0) is 6.54 Å². The molecule has 1 aliphatic heterocycles. The molecule has 0 spiro atoms. The number of nitrogens with one attached hydrogen (secondary N) is 4. The Balaban J connectivity index is 1.37. The molecule has 10 nitrogen and oxygen atoms in total. The molecule has 0 bridgehead atoms. The van der Waals surface area contributed by atoms with Crippen LogP contribution in [0.3, 0.4) is 0 Å². The van der Waals surface area contributed by atoms with Crippen LogP contribution in [0.15, 0.2) is 59.3 Å². The summed E-state index contributed by atoms with van der Waals surface area (Å²) >= 11 is 1.55. The monoisotopic (exact) mass is 450 g/mol. The number of amides is 2. The molecule has 0 saturated carbocycles. The third kappa shape index (κ3) is 5.07. The lowest BCUT2D eigenvalue weighted by Crippen LogP contribution is -2.37. The molecule has 3 heterocycles. The molecule has 11 heteroatoms. The fourth-order valence-corrected chi connectivity index (χ4v) is 3.67. The van der Waals surface area contributed by atoms with Crippen LogP contribution < -0.4 is 21.6 Å². The number of carbonyl (C=O) groups excluding carboxylic acids is 2. The molecule has 0 aliphatic carbocycles. The molecule has 2 aromatic heterocycles. The summed E-state index contributed by atoms with van der Waals surface area (Å²) in [4.78, 5) is 34.1. The Labute approximate surface area is 188 Å². The highest BCUT2D eigenvalue weighted by Gasteiger charge is 2.17. The number of benzene rings is 1. The molecule has 0 radical (unpaired) electrons. The van der Waals surface area contributed by atoms with Crippen molar-refractivity contribution in [3.63, 3.8) is 0 Å². The molecule has 4 N–H and O–H groups in total. The van der Waals surface area contributed by atoms with Crippen molar-refractivity contribution < 1.29 is 9.59 Å². The number of amidine groups is 1. The van der Waals surface area contributed by atoms with E-state index < -0.39 is 0 Å². The van der Waals surface area contributed by atoms with Crippen molar-refractivity contribution in [3.8, 4) is 0 Å². The topological polar surface area (TPSA) is 124 Å². The summed E-state index contributed by atoms with van der Waals surface area (Å²) in [7, 11) is 1.81. The fraction of sp³-hybridized carbons (Fsp3) is 0.190. The molecule has 2 amide bonds. The van der Waals surface area contributed by atoms with Crippen LogP contribution in [0.2, 0.25) is 0 Å². The third-order valence-electron chi connectivity index (χ3n) is 4.75. The minimum Gasteiger partial charge on any atom is -0.346 e. The van der Waals surface area contributed by atoms with Crippen LogP contribution in [0, 0.1) is 0 Å². The summed E-state index contributed by atoms with van der Waals surface area (Å²) in [5.41, 5.74) is 7.96. The minimum absolute atomic E-state index is 0.128. The standard InChI is InChI=1S/C21H22N8O2S/c1-13(14-5-7-15(8-6-14)19-26-28-29(2)27-19)25-21(31)18-10-17(23-12-24-18)20(30)22-11-16-4-3-9-32-16/h3-10,12-13,28H,11H2,1-2H3,(H,22,30)(H,25,31)(H,26,27)/t13-/m0/s1. The molecule has 0 unspecified atom stereocenters. The molecule has 0 saturated heterocycles. The van der Waals surface area contributed by atoms with Gasteiger partial charge in [-0.05, 0) is 23.9 Å². The average molecular weight is 451 g/mol. The number of aromatic nitrogens is 2. The highest BCUT2D eigenvalue weighted by atomic mass is 32.1. The summed E-state index contributed by atoms with van der Waals surface area (Å²) in [5, 5.41) is 13.4. The second-order valence-electron chi connectivity index (χ2n) is 7.10. The van der Waals surface area contributed by atoms with E-state index in [1.165, 1.54) is 12.4 Å². The van der Waals surface area contributed by atoms with Gasteiger partial charge in [-0.25, -0.2) is 15.5 Å². The van der Waals surface area contributed by atoms with Gasteiger partial charge in [-0.2, -0.15) is 0 Å². The summed E-state index contributed by atoms with van der Waals surface area (Å²) in [6.07, 6.45) is 1.22. The Morgan fingerprint density at radius 2 is 1.88 bits per heavy atom.